The normalized spacial score (nSPS) is 16.8. The molecule has 3 atom stereocenters. The summed E-state index contributed by atoms with van der Waals surface area (Å²) in [5, 5.41) is 9.39. The summed E-state index contributed by atoms with van der Waals surface area (Å²) in [7, 11) is 0. The lowest BCUT2D eigenvalue weighted by molar-refractivity contribution is 0.518. The number of allylic oxidation sites excluding steroid dienone is 1. The summed E-state index contributed by atoms with van der Waals surface area (Å²) in [5.41, 5.74) is 15.9. The predicted molar refractivity (Wildman–Crippen MR) is 292 cm³/mol. The first-order valence-electron chi connectivity index (χ1n) is 24.5. The number of nitrogens with zero attached hydrogens (tertiary/aromatic N) is 3. The Morgan fingerprint density at radius 2 is 1.15 bits per heavy atom. The Balaban J connectivity index is 0.898. The smallest absolute Gasteiger partial charge is 0.159 e. The molecule has 3 unspecified atom stereocenters. The average molecular weight is 915 g/mol. The van der Waals surface area contributed by atoms with Crippen LogP contribution in [0.5, 0.6) is 0 Å². The van der Waals surface area contributed by atoms with Crippen molar-refractivity contribution in [2.75, 3.05) is 0 Å². The number of furan rings is 2. The number of rotatable bonds is 7. The van der Waals surface area contributed by atoms with Crippen molar-refractivity contribution < 1.29 is 8.83 Å². The monoisotopic (exact) mass is 914 g/mol. The molecule has 0 bridgehead atoms. The van der Waals surface area contributed by atoms with Gasteiger partial charge in [-0.15, -0.1) is 0 Å². The molecule has 1 aliphatic heterocycles. The van der Waals surface area contributed by atoms with E-state index in [1.165, 1.54) is 38.6 Å². The van der Waals surface area contributed by atoms with Crippen LogP contribution in [0.4, 0.5) is 0 Å². The Kier molecular flexibility index (Phi) is 9.59. The van der Waals surface area contributed by atoms with Gasteiger partial charge in [-0.3, -0.25) is 9.98 Å². The van der Waals surface area contributed by atoms with Gasteiger partial charge in [0.1, 0.15) is 28.6 Å². The molecule has 6 heteroatoms. The molecule has 0 amide bonds. The molecular formula is C65H46N4O2. The van der Waals surface area contributed by atoms with Crippen LogP contribution >= 0.6 is 0 Å². The Labute approximate surface area is 410 Å². The van der Waals surface area contributed by atoms with Crippen LogP contribution in [0.1, 0.15) is 58.9 Å². The fraction of sp³-hybridized carbons (Fsp3) is 0.0769. The second-order valence-electron chi connectivity index (χ2n) is 18.8. The number of amidine groups is 2. The fourth-order valence-electron chi connectivity index (χ4n) is 11.3. The molecule has 9 aromatic carbocycles. The van der Waals surface area contributed by atoms with Crippen LogP contribution in [0.3, 0.4) is 0 Å². The van der Waals surface area contributed by atoms with Crippen molar-refractivity contribution in [2.24, 2.45) is 9.98 Å². The SMILES string of the molecule is CC1N=C(c2cccc3oc4c(c23)C=CCC4c2ccc(-n3c4ccccc4c4cc(-c5ccccc5)ccc43)c3oc4ccccc4c23)NC(c2ccccc2)=NC1c1ccc(-c2ccccc2)cc1. The highest BCUT2D eigenvalue weighted by Crippen LogP contribution is 2.48. The largest absolute Gasteiger partial charge is 0.460 e. The summed E-state index contributed by atoms with van der Waals surface area (Å²) < 4.78 is 16.5. The summed E-state index contributed by atoms with van der Waals surface area (Å²) in [5.74, 6) is 2.41. The zero-order chi connectivity index (χ0) is 47.0. The van der Waals surface area contributed by atoms with E-state index in [0.717, 1.165) is 95.7 Å². The maximum atomic E-state index is 7.10. The zero-order valence-corrected chi connectivity index (χ0v) is 39.0. The van der Waals surface area contributed by atoms with E-state index in [2.05, 4.69) is 235 Å². The van der Waals surface area contributed by atoms with Crippen LogP contribution in [0.25, 0.3) is 88.7 Å². The summed E-state index contributed by atoms with van der Waals surface area (Å²) in [6.45, 7) is 2.17. The maximum Gasteiger partial charge on any atom is 0.159 e. The third kappa shape index (κ3) is 6.78. The minimum atomic E-state index is -0.216. The number of fused-ring (bicyclic) bond motifs is 9. The van der Waals surface area contributed by atoms with Gasteiger partial charge in [0.15, 0.2) is 5.58 Å². The minimum Gasteiger partial charge on any atom is -0.460 e. The highest BCUT2D eigenvalue weighted by atomic mass is 16.3. The molecule has 2 aliphatic rings. The number of para-hydroxylation sites is 2. The van der Waals surface area contributed by atoms with Gasteiger partial charge < -0.3 is 18.7 Å². The van der Waals surface area contributed by atoms with Crippen LogP contribution in [0, 0.1) is 0 Å². The molecule has 338 valence electrons. The van der Waals surface area contributed by atoms with Crippen LogP contribution in [-0.2, 0) is 0 Å². The van der Waals surface area contributed by atoms with Gasteiger partial charge in [-0.05, 0) is 83.1 Å². The molecule has 14 rings (SSSR count). The van der Waals surface area contributed by atoms with Crippen LogP contribution < -0.4 is 5.32 Å². The first-order chi connectivity index (χ1) is 35.1. The number of aliphatic imine (C=N–C) groups is 2. The van der Waals surface area contributed by atoms with Gasteiger partial charge >= 0.3 is 0 Å². The molecular weight excluding hydrogens is 869 g/mol. The lowest BCUT2D eigenvalue weighted by Gasteiger charge is -2.20. The molecule has 12 aromatic rings. The Bertz CT molecular complexity index is 4120. The van der Waals surface area contributed by atoms with Gasteiger partial charge in [-0.1, -0.05) is 188 Å². The first-order valence-corrected chi connectivity index (χ1v) is 24.5. The van der Waals surface area contributed by atoms with Crippen LogP contribution in [0.15, 0.2) is 237 Å². The summed E-state index contributed by atoms with van der Waals surface area (Å²) in [4.78, 5) is 10.9. The Hall–Kier alpha value is -9.00. The molecule has 71 heavy (non-hydrogen) atoms. The van der Waals surface area contributed by atoms with Gasteiger partial charge in [-0.25, -0.2) is 0 Å². The maximum absolute atomic E-state index is 7.10. The average Bonchev–Trinajstić information content (AvgIpc) is 4.08. The van der Waals surface area contributed by atoms with E-state index in [9.17, 15) is 0 Å². The molecule has 1 N–H and O–H groups in total. The summed E-state index contributed by atoms with van der Waals surface area (Å²) in [6.07, 6.45) is 5.32. The van der Waals surface area contributed by atoms with Crippen molar-refractivity contribution in [3.8, 4) is 27.9 Å². The van der Waals surface area contributed by atoms with Gasteiger partial charge in [0.05, 0.1) is 28.8 Å². The Morgan fingerprint density at radius 3 is 1.94 bits per heavy atom. The zero-order valence-electron chi connectivity index (χ0n) is 39.0. The minimum absolute atomic E-state index is 0.0768. The molecule has 0 fully saturated rings. The van der Waals surface area contributed by atoms with Crippen molar-refractivity contribution >= 4 is 72.5 Å². The predicted octanol–water partition coefficient (Wildman–Crippen LogP) is 16.2. The number of nitrogens with one attached hydrogen (secondary N) is 1. The molecule has 4 heterocycles. The van der Waals surface area contributed by atoms with E-state index >= 15 is 0 Å². The quantitative estimate of drug-likeness (QED) is 0.173. The lowest BCUT2D eigenvalue weighted by Crippen LogP contribution is -2.31. The lowest BCUT2D eigenvalue weighted by atomic mass is 9.84. The van der Waals surface area contributed by atoms with Gasteiger partial charge in [0.25, 0.3) is 0 Å². The van der Waals surface area contributed by atoms with E-state index < -0.39 is 0 Å². The van der Waals surface area contributed by atoms with Crippen LogP contribution in [-0.4, -0.2) is 22.3 Å². The van der Waals surface area contributed by atoms with Crippen molar-refractivity contribution in [3.05, 3.63) is 252 Å². The van der Waals surface area contributed by atoms with Gasteiger partial charge in [-0.2, -0.15) is 0 Å². The van der Waals surface area contributed by atoms with E-state index in [1.54, 1.807) is 0 Å². The number of hydrogen-bond donors (Lipinski definition) is 1. The summed E-state index contributed by atoms with van der Waals surface area (Å²) in [6, 6.07) is 74.7. The highest BCUT2D eigenvalue weighted by molar-refractivity contribution is 6.20. The Morgan fingerprint density at radius 1 is 0.507 bits per heavy atom. The molecule has 0 saturated heterocycles. The second kappa shape index (κ2) is 16.6. The number of benzene rings is 9. The highest BCUT2D eigenvalue weighted by Gasteiger charge is 2.32. The van der Waals surface area contributed by atoms with Crippen molar-refractivity contribution in [1.82, 2.24) is 9.88 Å². The molecule has 0 spiro atoms. The number of hydrogen-bond acceptors (Lipinski definition) is 5. The van der Waals surface area contributed by atoms with Crippen molar-refractivity contribution in [3.63, 3.8) is 0 Å². The van der Waals surface area contributed by atoms with Crippen LogP contribution in [0.2, 0.25) is 0 Å². The number of aromatic nitrogens is 1. The van der Waals surface area contributed by atoms with Gasteiger partial charge in [0.2, 0.25) is 0 Å². The standard InChI is InChI=1S/C65H46N4O2/c1-40-61(44-33-31-43(32-34-44)41-17-5-2-6-18-41)67-64(45-21-9-4-10-22-45)68-65(66-40)52-27-16-30-58-59(52)51-26-15-25-49(62(51)71-58)48-36-38-56(63-60(48)50-24-12-14-29-57(50)70-63)69-54-28-13-11-23-47(54)53-39-46(35-37-55(53)69)42-19-7-3-8-20-42/h2-24,26-40,49,61H,25H2,1H3,(H,66,67,68). The van der Waals surface area contributed by atoms with Crippen molar-refractivity contribution in [1.29, 1.82) is 0 Å². The van der Waals surface area contributed by atoms with Crippen molar-refractivity contribution in [2.45, 2.75) is 31.3 Å². The van der Waals surface area contributed by atoms with Gasteiger partial charge in [0, 0.05) is 49.5 Å². The van der Waals surface area contributed by atoms with E-state index in [0.29, 0.717) is 0 Å². The second-order valence-corrected chi connectivity index (χ2v) is 18.8. The van der Waals surface area contributed by atoms with E-state index in [4.69, 9.17) is 18.8 Å². The van der Waals surface area contributed by atoms with E-state index in [1.807, 2.05) is 6.07 Å². The molecule has 0 saturated carbocycles. The molecule has 3 aromatic heterocycles. The fourth-order valence-corrected chi connectivity index (χ4v) is 11.3. The third-order valence-electron chi connectivity index (χ3n) is 14.6. The molecule has 0 radical (unpaired) electrons. The molecule has 6 nitrogen and oxygen atoms in total. The summed E-state index contributed by atoms with van der Waals surface area (Å²) >= 11 is 0. The molecule has 1 aliphatic carbocycles. The topological polar surface area (TPSA) is 68.0 Å². The third-order valence-corrected chi connectivity index (χ3v) is 14.6. The van der Waals surface area contributed by atoms with E-state index in [-0.39, 0.29) is 18.0 Å². The first kappa shape index (κ1) is 41.0.